The summed E-state index contributed by atoms with van der Waals surface area (Å²) in [6, 6.07) is 0. The van der Waals surface area contributed by atoms with Crippen molar-refractivity contribution in [2.45, 2.75) is 38.5 Å². The van der Waals surface area contributed by atoms with E-state index in [4.69, 9.17) is 17.3 Å². The van der Waals surface area contributed by atoms with E-state index in [0.717, 1.165) is 15.8 Å². The summed E-state index contributed by atoms with van der Waals surface area (Å²) in [7, 11) is 0. The third kappa shape index (κ3) is 3.53. The highest BCUT2D eigenvalue weighted by molar-refractivity contribution is 14.1. The maximum atomic E-state index is 6.14. The molecule has 0 aliphatic heterocycles. The van der Waals surface area contributed by atoms with Gasteiger partial charge in [-0.3, -0.25) is 4.99 Å². The molecule has 2 nitrogen and oxygen atoms in total. The number of hydrogen-bond donors (Lipinski definition) is 1. The number of nitrogens with two attached hydrogens (primary N) is 1. The Morgan fingerprint density at radius 1 is 1.69 bits per heavy atom. The van der Waals surface area contributed by atoms with Crippen molar-refractivity contribution in [2.75, 3.05) is 5.75 Å². The molecule has 0 saturated heterocycles. The molecule has 1 saturated carbocycles. The second kappa shape index (κ2) is 5.96. The van der Waals surface area contributed by atoms with Crippen LogP contribution in [0.4, 0.5) is 0 Å². The molecule has 2 atom stereocenters. The van der Waals surface area contributed by atoms with E-state index in [0.29, 0.717) is 16.8 Å². The van der Waals surface area contributed by atoms with Gasteiger partial charge in [-0.25, -0.2) is 0 Å². The molecule has 0 aromatic carbocycles. The van der Waals surface area contributed by atoms with E-state index in [1.807, 2.05) is 18.7 Å². The van der Waals surface area contributed by atoms with Gasteiger partial charge >= 0.3 is 0 Å². The molecule has 5 heteroatoms. The minimum absolute atomic E-state index is 0.00377. The summed E-state index contributed by atoms with van der Waals surface area (Å²) in [6.45, 7) is 6.34. The number of thioether (sulfide) groups is 1. The van der Waals surface area contributed by atoms with Gasteiger partial charge in [0.2, 0.25) is 0 Å². The first-order valence-electron chi connectivity index (χ1n) is 5.44. The van der Waals surface area contributed by atoms with Gasteiger partial charge in [-0.1, -0.05) is 25.4 Å². The van der Waals surface area contributed by atoms with Gasteiger partial charge in [-0.05, 0) is 54.0 Å². The lowest BCUT2D eigenvalue weighted by Crippen LogP contribution is -2.12. The lowest BCUT2D eigenvalue weighted by atomic mass is 10.4. The van der Waals surface area contributed by atoms with Gasteiger partial charge in [0.25, 0.3) is 0 Å². The lowest BCUT2D eigenvalue weighted by molar-refractivity contribution is 0.845. The molecule has 0 bridgehead atoms. The summed E-state index contributed by atoms with van der Waals surface area (Å²) >= 11 is 10.2. The van der Waals surface area contributed by atoms with Crippen LogP contribution in [0.3, 0.4) is 0 Å². The Kier molecular flexibility index (Phi) is 5.45. The van der Waals surface area contributed by atoms with Crippen molar-refractivity contribution in [3.63, 3.8) is 0 Å². The fraction of sp³-hybridized carbons (Fsp3) is 0.727. The third-order valence-corrected chi connectivity index (χ3v) is 5.29. The molecule has 0 heterocycles. The highest BCUT2D eigenvalue weighted by Crippen LogP contribution is 2.55. The maximum absolute atomic E-state index is 6.14. The normalized spacial score (nSPS) is 31.3. The minimum Gasteiger partial charge on any atom is -0.396 e. The van der Waals surface area contributed by atoms with Crippen LogP contribution >= 0.6 is 46.0 Å². The van der Waals surface area contributed by atoms with Gasteiger partial charge in [0.1, 0.15) is 10.0 Å². The lowest BCUT2D eigenvalue weighted by Gasteiger charge is -2.12. The molecule has 0 spiro atoms. The molecule has 0 aromatic rings. The number of halogens is 2. The Morgan fingerprint density at radius 2 is 2.25 bits per heavy atom. The zero-order chi connectivity index (χ0) is 12.3. The standard InChI is InChI=1S/C11H18ClIN2S/c1-4-5-16-11(6-7(11)2)15-10(12)9(14)8(3)13/h7H,4-6,14H2,1-3H3/b9-8-,15-10+/t7?,11-/m0/s1. The van der Waals surface area contributed by atoms with Crippen molar-refractivity contribution in [1.82, 2.24) is 0 Å². The quantitative estimate of drug-likeness (QED) is 0.582. The Labute approximate surface area is 121 Å². The van der Waals surface area contributed by atoms with Gasteiger partial charge < -0.3 is 5.73 Å². The summed E-state index contributed by atoms with van der Waals surface area (Å²) in [6.07, 6.45) is 2.28. The highest BCUT2D eigenvalue weighted by atomic mass is 127. The van der Waals surface area contributed by atoms with E-state index in [-0.39, 0.29) is 4.87 Å². The molecular formula is C11H18ClIN2S. The minimum atomic E-state index is 0.00377. The molecule has 16 heavy (non-hydrogen) atoms. The summed E-state index contributed by atoms with van der Waals surface area (Å²) in [5.74, 6) is 1.74. The van der Waals surface area contributed by atoms with Crippen LogP contribution < -0.4 is 5.73 Å². The zero-order valence-electron chi connectivity index (χ0n) is 9.89. The summed E-state index contributed by atoms with van der Waals surface area (Å²) in [4.78, 5) is 4.62. The van der Waals surface area contributed by atoms with Crippen molar-refractivity contribution >= 4 is 51.1 Å². The zero-order valence-corrected chi connectivity index (χ0v) is 13.6. The van der Waals surface area contributed by atoms with Gasteiger partial charge in [0.15, 0.2) is 0 Å². The predicted molar refractivity (Wildman–Crippen MR) is 83.5 cm³/mol. The van der Waals surface area contributed by atoms with E-state index in [1.165, 1.54) is 6.42 Å². The first kappa shape index (κ1) is 14.6. The smallest absolute Gasteiger partial charge is 0.148 e. The Balaban J connectivity index is 2.77. The Bertz CT molecular complexity index is 326. The molecule has 1 aliphatic carbocycles. The molecular weight excluding hydrogens is 355 g/mol. The number of allylic oxidation sites excluding steroid dienone is 2. The highest BCUT2D eigenvalue weighted by Gasteiger charge is 2.52. The van der Waals surface area contributed by atoms with E-state index >= 15 is 0 Å². The number of rotatable bonds is 5. The van der Waals surface area contributed by atoms with Crippen LogP contribution in [-0.2, 0) is 0 Å². The van der Waals surface area contributed by atoms with Gasteiger partial charge in [0.05, 0.1) is 5.70 Å². The third-order valence-electron chi connectivity index (χ3n) is 2.65. The average Bonchev–Trinajstić information content (AvgIpc) is 2.85. The van der Waals surface area contributed by atoms with Gasteiger partial charge in [-0.2, -0.15) is 0 Å². The van der Waals surface area contributed by atoms with E-state index < -0.39 is 0 Å². The maximum Gasteiger partial charge on any atom is 0.148 e. The second-order valence-corrected chi connectivity index (χ2v) is 7.53. The molecule has 0 amide bonds. The fourth-order valence-corrected chi connectivity index (χ4v) is 3.54. The summed E-state index contributed by atoms with van der Waals surface area (Å²) in [5, 5.41) is 0.472. The van der Waals surface area contributed by atoms with Crippen LogP contribution in [-0.4, -0.2) is 15.8 Å². The molecule has 1 aliphatic rings. The van der Waals surface area contributed by atoms with E-state index in [9.17, 15) is 0 Å². The largest absolute Gasteiger partial charge is 0.396 e. The Hall–Kier alpha value is 0.580. The molecule has 2 N–H and O–H groups in total. The van der Waals surface area contributed by atoms with Crippen LogP contribution in [0.1, 0.15) is 33.6 Å². The van der Waals surface area contributed by atoms with Crippen molar-refractivity contribution in [2.24, 2.45) is 16.6 Å². The first-order chi connectivity index (χ1) is 7.43. The topological polar surface area (TPSA) is 38.4 Å². The summed E-state index contributed by atoms with van der Waals surface area (Å²) < 4.78 is 0.996. The predicted octanol–water partition coefficient (Wildman–Crippen LogP) is 4.13. The molecule has 1 unspecified atom stereocenters. The van der Waals surface area contributed by atoms with Crippen LogP contribution in [0.15, 0.2) is 14.3 Å². The van der Waals surface area contributed by atoms with Crippen molar-refractivity contribution in [3.05, 3.63) is 9.28 Å². The van der Waals surface area contributed by atoms with E-state index in [2.05, 4.69) is 41.4 Å². The summed E-state index contributed by atoms with van der Waals surface area (Å²) in [5.41, 5.74) is 6.48. The number of aliphatic imine (C=N–C) groups is 1. The monoisotopic (exact) mass is 372 g/mol. The number of hydrogen-bond acceptors (Lipinski definition) is 3. The molecule has 0 aromatic heterocycles. The van der Waals surface area contributed by atoms with Gasteiger partial charge in [0, 0.05) is 3.58 Å². The van der Waals surface area contributed by atoms with Crippen molar-refractivity contribution in [1.29, 1.82) is 0 Å². The number of nitrogens with zero attached hydrogens (tertiary/aromatic N) is 1. The van der Waals surface area contributed by atoms with E-state index in [1.54, 1.807) is 0 Å². The van der Waals surface area contributed by atoms with Crippen molar-refractivity contribution in [3.8, 4) is 0 Å². The van der Waals surface area contributed by atoms with Crippen molar-refractivity contribution < 1.29 is 0 Å². The van der Waals surface area contributed by atoms with Crippen LogP contribution in [0.25, 0.3) is 0 Å². The van der Waals surface area contributed by atoms with Crippen LogP contribution in [0.5, 0.6) is 0 Å². The SMILES string of the molecule is CCCS[C@@]1(/N=C(Cl)\C(N)=C(/C)I)CC1C. The molecule has 0 radical (unpaired) electrons. The Morgan fingerprint density at radius 3 is 2.62 bits per heavy atom. The van der Waals surface area contributed by atoms with Gasteiger partial charge in [-0.15, -0.1) is 11.8 Å². The van der Waals surface area contributed by atoms with Crippen LogP contribution in [0, 0.1) is 5.92 Å². The molecule has 1 fully saturated rings. The molecule has 92 valence electrons. The molecule has 1 rings (SSSR count). The fourth-order valence-electron chi connectivity index (χ4n) is 1.42. The first-order valence-corrected chi connectivity index (χ1v) is 7.88. The second-order valence-electron chi connectivity index (χ2n) is 4.15. The average molecular weight is 373 g/mol. The van der Waals surface area contributed by atoms with Crippen LogP contribution in [0.2, 0.25) is 0 Å².